The van der Waals surface area contributed by atoms with Gasteiger partial charge < -0.3 is 0 Å². The molecule has 0 atom stereocenters. The van der Waals surface area contributed by atoms with E-state index in [2.05, 4.69) is 0 Å². The number of carbonyl (C=O) groups excluding carboxylic acids is 2. The predicted octanol–water partition coefficient (Wildman–Crippen LogP) is -0.551. The van der Waals surface area contributed by atoms with Gasteiger partial charge in [0.25, 0.3) is 0 Å². The Morgan fingerprint density at radius 2 is 1.60 bits per heavy atom. The molecule has 0 saturated carbocycles. The zero-order valence-electron chi connectivity index (χ0n) is 2.32. The van der Waals surface area contributed by atoms with E-state index < -0.39 is 17.4 Å². The molecule has 5 heavy (non-hydrogen) atoms. The number of hydrogen-bond acceptors (Lipinski definition) is 2. The van der Waals surface area contributed by atoms with Crippen molar-refractivity contribution >= 4 is 9.68 Å². The first-order valence-electron chi connectivity index (χ1n) is 0.880. The second kappa shape index (κ2) is 3.98. The van der Waals surface area contributed by atoms with Gasteiger partial charge in [0, 0.05) is 0 Å². The molecule has 0 radical (unpaired) electrons. The van der Waals surface area contributed by atoms with Gasteiger partial charge in [0.15, 0.2) is 0 Å². The van der Waals surface area contributed by atoms with E-state index in [1.807, 2.05) is 0 Å². The average molecular weight is 248 g/mol. The Morgan fingerprint density at radius 3 is 1.60 bits per heavy atom. The summed E-state index contributed by atoms with van der Waals surface area (Å²) in [5.74, 6) is 0. The molecule has 0 aliphatic carbocycles. The molecule has 0 spiro atoms. The summed E-state index contributed by atoms with van der Waals surface area (Å²) >= 11 is -0.929. The van der Waals surface area contributed by atoms with Crippen LogP contribution in [0.2, 0.25) is 0 Å². The molecule has 3 heteroatoms. The van der Waals surface area contributed by atoms with Gasteiger partial charge in [-0.15, -0.1) is 0 Å². The van der Waals surface area contributed by atoms with E-state index in [0.29, 0.717) is 9.68 Å². The van der Waals surface area contributed by atoms with Gasteiger partial charge >= 0.3 is 36.7 Å². The van der Waals surface area contributed by atoms with Gasteiger partial charge in [0.1, 0.15) is 0 Å². The molecule has 0 amide bonds. The molecule has 0 heterocycles. The van der Waals surface area contributed by atoms with Crippen LogP contribution in [0.15, 0.2) is 0 Å². The Balaban J connectivity index is 2.65. The topological polar surface area (TPSA) is 34.1 Å². The van der Waals surface area contributed by atoms with Gasteiger partial charge in [-0.3, -0.25) is 0 Å². The van der Waals surface area contributed by atoms with Gasteiger partial charge in [0.05, 0.1) is 0 Å². The molecule has 2 nitrogen and oxygen atoms in total. The van der Waals surface area contributed by atoms with Crippen LogP contribution in [0.3, 0.4) is 0 Å². The Kier molecular flexibility index (Phi) is 3.96. The van der Waals surface area contributed by atoms with E-state index >= 15 is 0 Å². The standard InChI is InChI=1S/2CHO.Os/c2*1-2;/h2*1H;. The van der Waals surface area contributed by atoms with E-state index in [4.69, 9.17) is 0 Å². The molecule has 0 aliphatic rings. The van der Waals surface area contributed by atoms with E-state index in [9.17, 15) is 9.59 Å². The van der Waals surface area contributed by atoms with Crippen LogP contribution in [0, 0.1) is 0 Å². The van der Waals surface area contributed by atoms with E-state index in [-0.39, 0.29) is 0 Å². The van der Waals surface area contributed by atoms with Crippen molar-refractivity contribution in [1.29, 1.82) is 0 Å². The van der Waals surface area contributed by atoms with Crippen molar-refractivity contribution in [1.82, 2.24) is 0 Å². The molecule has 0 rings (SSSR count). The molecule has 0 aliphatic heterocycles. The molecule has 0 saturated heterocycles. The van der Waals surface area contributed by atoms with Crippen molar-refractivity contribution < 1.29 is 27.0 Å². The third-order valence-electron chi connectivity index (χ3n) is 0.0962. The second-order valence-corrected chi connectivity index (χ2v) is 2.33. The van der Waals surface area contributed by atoms with Crippen molar-refractivity contribution in [3.63, 3.8) is 0 Å². The minimum absolute atomic E-state index is 0.701. The third-order valence-corrected chi connectivity index (χ3v) is 0.788. The molecule has 0 aromatic heterocycles. The van der Waals surface area contributed by atoms with Gasteiger partial charge in [-0.1, -0.05) is 0 Å². The van der Waals surface area contributed by atoms with E-state index in [0.717, 1.165) is 0 Å². The molecular weight excluding hydrogens is 246 g/mol. The molecule has 0 bridgehead atoms. The van der Waals surface area contributed by atoms with Crippen LogP contribution in [-0.4, -0.2) is 9.68 Å². The minimum atomic E-state index is -0.929. The monoisotopic (exact) mass is 250 g/mol. The first-order valence-corrected chi connectivity index (χ1v) is 3.81. The second-order valence-electron chi connectivity index (χ2n) is 0.285. The van der Waals surface area contributed by atoms with Crippen LogP contribution in [-0.2, 0) is 27.0 Å². The van der Waals surface area contributed by atoms with Crippen LogP contribution in [0.5, 0.6) is 0 Å². The fraction of sp³-hybridized carbons (Fsp3) is 0. The van der Waals surface area contributed by atoms with Crippen molar-refractivity contribution in [2.24, 2.45) is 0 Å². The van der Waals surface area contributed by atoms with Gasteiger partial charge in [-0.2, -0.15) is 0 Å². The predicted molar refractivity (Wildman–Crippen MR) is 13.5 cm³/mol. The Labute approximate surface area is 37.3 Å². The summed E-state index contributed by atoms with van der Waals surface area (Å²) in [5, 5.41) is 0. The molecular formula is C2H2O2Os. The summed E-state index contributed by atoms with van der Waals surface area (Å²) in [5.41, 5.74) is 0. The van der Waals surface area contributed by atoms with Crippen LogP contribution in [0.4, 0.5) is 0 Å². The summed E-state index contributed by atoms with van der Waals surface area (Å²) in [6.45, 7) is 0. The third kappa shape index (κ3) is 3.98. The zero-order valence-corrected chi connectivity index (χ0v) is 4.87. The SMILES string of the molecule is O=[CH][Os][CH]=O. The first kappa shape index (κ1) is 4.98. The van der Waals surface area contributed by atoms with E-state index in [1.165, 1.54) is 0 Å². The van der Waals surface area contributed by atoms with Gasteiger partial charge in [-0.05, 0) is 0 Å². The Hall–Kier alpha value is -0.0236. The van der Waals surface area contributed by atoms with Crippen molar-refractivity contribution in [3.05, 3.63) is 0 Å². The molecule has 0 aromatic carbocycles. The van der Waals surface area contributed by atoms with Crippen molar-refractivity contribution in [2.75, 3.05) is 0 Å². The quantitative estimate of drug-likeness (QED) is 0.614. The number of carbonyl (C=O) groups is 2. The van der Waals surface area contributed by atoms with Crippen molar-refractivity contribution in [3.8, 4) is 0 Å². The normalized spacial score (nSPS) is 7.20. The molecule has 0 N–H and O–H groups in total. The summed E-state index contributed by atoms with van der Waals surface area (Å²) in [7, 11) is 0. The van der Waals surface area contributed by atoms with Crippen LogP contribution in [0.1, 0.15) is 0 Å². The maximum absolute atomic E-state index is 9.24. The Bertz CT molecular complexity index is 36.9. The summed E-state index contributed by atoms with van der Waals surface area (Å²) in [4.78, 5) is 19.9. The van der Waals surface area contributed by atoms with Gasteiger partial charge in [-0.25, -0.2) is 0 Å². The fourth-order valence-corrected chi connectivity index (χ4v) is 0.161. The zero-order chi connectivity index (χ0) is 4.12. The molecule has 0 fully saturated rings. The summed E-state index contributed by atoms with van der Waals surface area (Å²) in [6.07, 6.45) is 0. The molecule has 0 unspecified atom stereocenters. The first-order chi connectivity index (χ1) is 2.41. The maximum atomic E-state index is 9.24. The fourth-order valence-electron chi connectivity index (χ4n) is 0.0196. The Morgan fingerprint density at radius 1 is 1.20 bits per heavy atom. The van der Waals surface area contributed by atoms with Crippen molar-refractivity contribution in [2.45, 2.75) is 0 Å². The number of hydrogen-bond donors (Lipinski definition) is 0. The van der Waals surface area contributed by atoms with E-state index in [1.54, 1.807) is 0 Å². The number of rotatable bonds is 2. The average Bonchev–Trinajstić information content (AvgIpc) is 1.41. The van der Waals surface area contributed by atoms with Crippen LogP contribution in [0.25, 0.3) is 0 Å². The summed E-state index contributed by atoms with van der Waals surface area (Å²) in [6, 6.07) is 0. The summed E-state index contributed by atoms with van der Waals surface area (Å²) < 4.78 is 0. The van der Waals surface area contributed by atoms with Crippen LogP contribution < -0.4 is 0 Å². The van der Waals surface area contributed by atoms with Gasteiger partial charge in [0.2, 0.25) is 0 Å². The molecule has 0 aromatic rings. The van der Waals surface area contributed by atoms with Crippen LogP contribution >= 0.6 is 0 Å². The molecule has 30 valence electrons.